The number of hydrogen-bond acceptors (Lipinski definition) is 5. The molecule has 1 heterocycles. The summed E-state index contributed by atoms with van der Waals surface area (Å²) in [5, 5.41) is 0. The monoisotopic (exact) mass is 390 g/mol. The van der Waals surface area contributed by atoms with E-state index < -0.39 is 6.61 Å². The first-order valence-corrected chi connectivity index (χ1v) is 9.12. The van der Waals surface area contributed by atoms with Crippen molar-refractivity contribution in [2.24, 2.45) is 0 Å². The first kappa shape index (κ1) is 18.5. The molecular weight excluding hydrogens is 370 g/mol. The molecule has 0 N–H and O–H groups in total. The average molecular weight is 390 g/mol. The molecule has 0 fully saturated rings. The Morgan fingerprint density at radius 3 is 2.89 bits per heavy atom. The number of halogens is 2. The van der Waals surface area contributed by atoms with Crippen LogP contribution in [0.2, 0.25) is 0 Å². The SMILES string of the molecule is COC(=O)C[C@@H]1COc2cc(O[C@@H]3CCc4c(OC(F)F)cccc43)ccc21. The van der Waals surface area contributed by atoms with Crippen LogP contribution >= 0.6 is 0 Å². The van der Waals surface area contributed by atoms with Gasteiger partial charge < -0.3 is 18.9 Å². The van der Waals surface area contributed by atoms with Crippen molar-refractivity contribution in [3.05, 3.63) is 53.1 Å². The highest BCUT2D eigenvalue weighted by molar-refractivity contribution is 5.71. The summed E-state index contributed by atoms with van der Waals surface area (Å²) in [4.78, 5) is 11.5. The Morgan fingerprint density at radius 1 is 1.25 bits per heavy atom. The van der Waals surface area contributed by atoms with E-state index in [-0.39, 0.29) is 30.2 Å². The van der Waals surface area contributed by atoms with E-state index in [4.69, 9.17) is 14.2 Å². The van der Waals surface area contributed by atoms with Gasteiger partial charge in [-0.25, -0.2) is 0 Å². The van der Waals surface area contributed by atoms with Crippen molar-refractivity contribution in [1.29, 1.82) is 0 Å². The fourth-order valence-corrected chi connectivity index (χ4v) is 3.86. The predicted octanol–water partition coefficient (Wildman–Crippen LogP) is 4.39. The molecule has 148 valence electrons. The molecule has 2 aromatic carbocycles. The molecule has 7 heteroatoms. The summed E-state index contributed by atoms with van der Waals surface area (Å²) in [6, 6.07) is 10.7. The molecule has 1 aliphatic heterocycles. The minimum Gasteiger partial charge on any atom is -0.492 e. The highest BCUT2D eigenvalue weighted by Gasteiger charge is 2.30. The number of esters is 1. The van der Waals surface area contributed by atoms with Crippen LogP contribution in [0.5, 0.6) is 17.2 Å². The lowest BCUT2D eigenvalue weighted by Gasteiger charge is -2.16. The Balaban J connectivity index is 1.50. The molecule has 0 spiro atoms. The number of hydrogen-bond donors (Lipinski definition) is 0. The zero-order chi connectivity index (χ0) is 19.7. The molecule has 0 amide bonds. The summed E-state index contributed by atoms with van der Waals surface area (Å²) >= 11 is 0. The topological polar surface area (TPSA) is 54.0 Å². The maximum atomic E-state index is 12.6. The summed E-state index contributed by atoms with van der Waals surface area (Å²) in [5.41, 5.74) is 2.59. The standard InChI is InChI=1S/C21H20F2O5/c1-25-20(24)9-12-11-26-19-10-13(5-6-14(12)19)27-18-8-7-16-15(18)3-2-4-17(16)28-21(22)23/h2-6,10,12,18,21H,7-9,11H2,1H3/t12-,18-/m1/s1. The van der Waals surface area contributed by atoms with Crippen molar-refractivity contribution in [1.82, 2.24) is 0 Å². The maximum Gasteiger partial charge on any atom is 0.387 e. The fraction of sp³-hybridized carbons (Fsp3) is 0.381. The normalized spacial score (nSPS) is 19.7. The van der Waals surface area contributed by atoms with E-state index in [0.717, 1.165) is 16.7 Å². The lowest BCUT2D eigenvalue weighted by atomic mass is 9.98. The third-order valence-electron chi connectivity index (χ3n) is 5.17. The molecule has 5 nitrogen and oxygen atoms in total. The smallest absolute Gasteiger partial charge is 0.387 e. The van der Waals surface area contributed by atoms with Gasteiger partial charge >= 0.3 is 12.6 Å². The van der Waals surface area contributed by atoms with Gasteiger partial charge in [-0.05, 0) is 30.5 Å². The first-order valence-electron chi connectivity index (χ1n) is 9.12. The molecule has 4 rings (SSSR count). The maximum absolute atomic E-state index is 12.6. The number of carbonyl (C=O) groups excluding carboxylic acids is 1. The zero-order valence-corrected chi connectivity index (χ0v) is 15.3. The summed E-state index contributed by atoms with van der Waals surface area (Å²) in [7, 11) is 1.37. The number of fused-ring (bicyclic) bond motifs is 2. The minimum atomic E-state index is -2.85. The minimum absolute atomic E-state index is 0.0299. The van der Waals surface area contributed by atoms with E-state index in [2.05, 4.69) is 4.74 Å². The first-order chi connectivity index (χ1) is 13.5. The van der Waals surface area contributed by atoms with Gasteiger partial charge in [0.05, 0.1) is 20.1 Å². The van der Waals surface area contributed by atoms with Crippen LogP contribution in [-0.2, 0) is 16.0 Å². The van der Waals surface area contributed by atoms with Crippen molar-refractivity contribution in [2.75, 3.05) is 13.7 Å². The Hall–Kier alpha value is -2.83. The Morgan fingerprint density at radius 2 is 2.11 bits per heavy atom. The lowest BCUT2D eigenvalue weighted by Crippen LogP contribution is -2.09. The predicted molar refractivity (Wildman–Crippen MR) is 96.1 cm³/mol. The van der Waals surface area contributed by atoms with Crippen molar-refractivity contribution in [3.8, 4) is 17.2 Å². The van der Waals surface area contributed by atoms with Crippen molar-refractivity contribution in [3.63, 3.8) is 0 Å². The van der Waals surface area contributed by atoms with Crippen molar-refractivity contribution in [2.45, 2.75) is 37.9 Å². The molecule has 0 saturated carbocycles. The van der Waals surface area contributed by atoms with Gasteiger partial charge in [-0.15, -0.1) is 0 Å². The van der Waals surface area contributed by atoms with Crippen molar-refractivity contribution >= 4 is 5.97 Å². The van der Waals surface area contributed by atoms with Gasteiger partial charge in [-0.2, -0.15) is 8.78 Å². The third kappa shape index (κ3) is 3.61. The van der Waals surface area contributed by atoms with Gasteiger partial charge in [0.25, 0.3) is 0 Å². The highest BCUT2D eigenvalue weighted by atomic mass is 19.3. The molecule has 2 aromatic rings. The zero-order valence-electron chi connectivity index (χ0n) is 15.3. The van der Waals surface area contributed by atoms with Gasteiger partial charge in [0.15, 0.2) is 0 Å². The summed E-state index contributed by atoms with van der Waals surface area (Å²) in [6.45, 7) is -2.42. The number of ether oxygens (including phenoxy) is 4. The van der Waals surface area contributed by atoms with Crippen LogP contribution in [0.25, 0.3) is 0 Å². The van der Waals surface area contributed by atoms with Gasteiger partial charge in [-0.1, -0.05) is 18.2 Å². The molecule has 0 saturated heterocycles. The molecule has 2 atom stereocenters. The molecule has 0 bridgehead atoms. The molecular formula is C21H20F2O5. The lowest BCUT2D eigenvalue weighted by molar-refractivity contribution is -0.141. The van der Waals surface area contributed by atoms with Crippen molar-refractivity contribution < 1.29 is 32.5 Å². The van der Waals surface area contributed by atoms with E-state index >= 15 is 0 Å². The summed E-state index contributed by atoms with van der Waals surface area (Å²) in [6.07, 6.45) is 1.33. The quantitative estimate of drug-likeness (QED) is 0.685. The van der Waals surface area contributed by atoms with E-state index in [1.807, 2.05) is 24.3 Å². The number of methoxy groups -OCH3 is 1. The fourth-order valence-electron chi connectivity index (χ4n) is 3.86. The van der Waals surface area contributed by atoms with Crippen LogP contribution in [-0.4, -0.2) is 26.3 Å². The average Bonchev–Trinajstić information content (AvgIpc) is 3.26. The van der Waals surface area contributed by atoms with Crippen LogP contribution in [0.1, 0.15) is 41.6 Å². The van der Waals surface area contributed by atoms with E-state index in [0.29, 0.717) is 30.9 Å². The number of benzene rings is 2. The second-order valence-electron chi connectivity index (χ2n) is 6.84. The Labute approximate surface area is 161 Å². The van der Waals surface area contributed by atoms with Gasteiger partial charge in [0.1, 0.15) is 23.4 Å². The molecule has 1 aliphatic carbocycles. The van der Waals surface area contributed by atoms with Gasteiger partial charge in [0, 0.05) is 23.1 Å². The highest BCUT2D eigenvalue weighted by Crippen LogP contribution is 2.42. The molecule has 0 unspecified atom stereocenters. The Bertz CT molecular complexity index is 883. The largest absolute Gasteiger partial charge is 0.492 e. The van der Waals surface area contributed by atoms with Crippen LogP contribution in [0.3, 0.4) is 0 Å². The third-order valence-corrected chi connectivity index (χ3v) is 5.17. The Kier molecular flexibility index (Phi) is 5.07. The summed E-state index contributed by atoms with van der Waals surface area (Å²) in [5.74, 6) is 1.24. The second-order valence-corrected chi connectivity index (χ2v) is 6.84. The van der Waals surface area contributed by atoms with E-state index in [1.54, 1.807) is 12.1 Å². The summed E-state index contributed by atoms with van der Waals surface area (Å²) < 4.78 is 46.4. The molecule has 28 heavy (non-hydrogen) atoms. The van der Waals surface area contributed by atoms with Gasteiger partial charge in [0.2, 0.25) is 0 Å². The second kappa shape index (κ2) is 7.66. The van der Waals surface area contributed by atoms with E-state index in [1.165, 1.54) is 7.11 Å². The number of alkyl halides is 2. The molecule has 0 aromatic heterocycles. The molecule has 2 aliphatic rings. The van der Waals surface area contributed by atoms with Crippen LogP contribution in [0.15, 0.2) is 36.4 Å². The van der Waals surface area contributed by atoms with E-state index in [9.17, 15) is 13.6 Å². The van der Waals surface area contributed by atoms with Crippen LogP contribution in [0, 0.1) is 0 Å². The van der Waals surface area contributed by atoms with Gasteiger partial charge in [-0.3, -0.25) is 4.79 Å². The van der Waals surface area contributed by atoms with Crippen LogP contribution in [0.4, 0.5) is 8.78 Å². The number of rotatable bonds is 6. The van der Waals surface area contributed by atoms with Crippen LogP contribution < -0.4 is 14.2 Å². The molecule has 0 radical (unpaired) electrons. The number of carbonyl (C=O) groups is 1.